The maximum Gasteiger partial charge on any atom is 0.332 e. The second-order valence-corrected chi connectivity index (χ2v) is 6.03. The van der Waals surface area contributed by atoms with Gasteiger partial charge in [0.1, 0.15) is 5.69 Å². The molecule has 2 heterocycles. The molecule has 1 aliphatic heterocycles. The predicted octanol–water partition coefficient (Wildman–Crippen LogP) is 2.90. The van der Waals surface area contributed by atoms with Crippen LogP contribution in [0.1, 0.15) is 18.5 Å². The van der Waals surface area contributed by atoms with Crippen LogP contribution < -0.4 is 5.32 Å². The van der Waals surface area contributed by atoms with Crippen LogP contribution in [0.3, 0.4) is 0 Å². The van der Waals surface area contributed by atoms with Gasteiger partial charge < -0.3 is 5.32 Å². The van der Waals surface area contributed by atoms with Gasteiger partial charge in [0.25, 0.3) is 0 Å². The lowest BCUT2D eigenvalue weighted by Crippen LogP contribution is -2.20. The molecule has 0 atom stereocenters. The number of nitrogens with one attached hydrogen (secondary N) is 1. The van der Waals surface area contributed by atoms with Crippen molar-refractivity contribution >= 4 is 34.9 Å². The van der Waals surface area contributed by atoms with Gasteiger partial charge in [-0.25, -0.2) is 4.98 Å². The van der Waals surface area contributed by atoms with Crippen LogP contribution in [0, 0.1) is 23.0 Å². The van der Waals surface area contributed by atoms with Gasteiger partial charge in [0.05, 0.1) is 4.92 Å². The molecule has 8 heteroatoms. The molecule has 0 aliphatic carbocycles. The van der Waals surface area contributed by atoms with Crippen molar-refractivity contribution in [2.45, 2.75) is 19.8 Å². The maximum absolute atomic E-state index is 11.0. The molecule has 1 aromatic rings. The van der Waals surface area contributed by atoms with Gasteiger partial charge in [0.15, 0.2) is 0 Å². The van der Waals surface area contributed by atoms with E-state index in [0.717, 1.165) is 24.3 Å². The van der Waals surface area contributed by atoms with Crippen LogP contribution in [0.4, 0.5) is 11.5 Å². The normalized spacial score (nSPS) is 16.3. The van der Waals surface area contributed by atoms with Crippen molar-refractivity contribution in [3.63, 3.8) is 0 Å². The number of aromatic nitrogens is 2. The summed E-state index contributed by atoms with van der Waals surface area (Å²) in [7, 11) is 0. The molecule has 6 nitrogen and oxygen atoms in total. The Bertz CT molecular complexity index is 480. The molecule has 0 amide bonds. The van der Waals surface area contributed by atoms with Crippen molar-refractivity contribution in [2.75, 3.05) is 23.4 Å². The van der Waals surface area contributed by atoms with E-state index in [2.05, 4.69) is 15.3 Å². The summed E-state index contributed by atoms with van der Waals surface area (Å²) >= 11 is 7.71. The van der Waals surface area contributed by atoms with E-state index in [4.69, 9.17) is 11.6 Å². The van der Waals surface area contributed by atoms with Crippen LogP contribution in [-0.2, 0) is 0 Å². The smallest absolute Gasteiger partial charge is 0.332 e. The molecule has 1 N–H and O–H groups in total. The first-order valence-corrected chi connectivity index (χ1v) is 7.61. The number of hydrogen-bond acceptors (Lipinski definition) is 6. The molecule has 2 rings (SSSR count). The zero-order chi connectivity index (χ0) is 13.8. The number of aryl methyl sites for hydroxylation is 1. The van der Waals surface area contributed by atoms with Gasteiger partial charge >= 0.3 is 5.69 Å². The molecule has 1 aliphatic rings. The average molecular weight is 303 g/mol. The summed E-state index contributed by atoms with van der Waals surface area (Å²) in [5.74, 6) is 3.06. The zero-order valence-electron chi connectivity index (χ0n) is 10.6. The molecule has 0 bridgehead atoms. The van der Waals surface area contributed by atoms with Crippen molar-refractivity contribution in [2.24, 2.45) is 5.92 Å². The number of thioether (sulfide) groups is 1. The molecule has 0 unspecified atom stereocenters. The summed E-state index contributed by atoms with van der Waals surface area (Å²) in [4.78, 5) is 18.3. The van der Waals surface area contributed by atoms with Crippen molar-refractivity contribution in [3.05, 3.63) is 21.1 Å². The van der Waals surface area contributed by atoms with Crippen LogP contribution in [0.5, 0.6) is 0 Å². The molecule has 0 saturated carbocycles. The molecule has 0 spiro atoms. The van der Waals surface area contributed by atoms with E-state index in [0.29, 0.717) is 12.5 Å². The van der Waals surface area contributed by atoms with E-state index in [1.807, 2.05) is 11.8 Å². The number of nitrogens with zero attached hydrogens (tertiary/aromatic N) is 3. The molecule has 19 heavy (non-hydrogen) atoms. The predicted molar refractivity (Wildman–Crippen MR) is 77.0 cm³/mol. The first-order valence-electron chi connectivity index (χ1n) is 6.08. The first-order chi connectivity index (χ1) is 9.08. The number of rotatable bonds is 4. The topological polar surface area (TPSA) is 81.0 Å². The Labute approximate surface area is 120 Å². The van der Waals surface area contributed by atoms with Gasteiger partial charge in [-0.2, -0.15) is 16.7 Å². The van der Waals surface area contributed by atoms with E-state index >= 15 is 0 Å². The monoisotopic (exact) mass is 302 g/mol. The minimum atomic E-state index is -0.468. The minimum absolute atomic E-state index is 0.0322. The highest BCUT2D eigenvalue weighted by molar-refractivity contribution is 7.99. The third kappa shape index (κ3) is 3.70. The van der Waals surface area contributed by atoms with E-state index in [9.17, 15) is 10.1 Å². The summed E-state index contributed by atoms with van der Waals surface area (Å²) in [6.07, 6.45) is 2.26. The van der Waals surface area contributed by atoms with Gasteiger partial charge in [-0.15, -0.1) is 0 Å². The van der Waals surface area contributed by atoms with Crippen LogP contribution in [0.25, 0.3) is 0 Å². The second kappa shape index (κ2) is 6.38. The maximum atomic E-state index is 11.0. The standard InChI is InChI=1S/C11H15ClN4O2S/c1-7-9(16(17)18)10(15-11(12)14-7)13-6-8-2-4-19-5-3-8/h8H,2-6H2,1H3,(H,13,14,15). The fourth-order valence-electron chi connectivity index (χ4n) is 2.07. The minimum Gasteiger partial charge on any atom is -0.364 e. The molecule has 0 radical (unpaired) electrons. The zero-order valence-corrected chi connectivity index (χ0v) is 12.1. The molecule has 1 saturated heterocycles. The highest BCUT2D eigenvalue weighted by Gasteiger charge is 2.22. The summed E-state index contributed by atoms with van der Waals surface area (Å²) in [5, 5.41) is 14.1. The van der Waals surface area contributed by atoms with Crippen molar-refractivity contribution < 1.29 is 4.92 Å². The van der Waals surface area contributed by atoms with Crippen LogP contribution >= 0.6 is 23.4 Å². The van der Waals surface area contributed by atoms with E-state index < -0.39 is 4.92 Å². The Hall–Kier alpha value is -1.08. The van der Waals surface area contributed by atoms with Crippen molar-refractivity contribution in [1.29, 1.82) is 0 Å². The Morgan fingerprint density at radius 2 is 2.16 bits per heavy atom. The summed E-state index contributed by atoms with van der Waals surface area (Å²) in [6, 6.07) is 0. The largest absolute Gasteiger partial charge is 0.364 e. The van der Waals surface area contributed by atoms with Gasteiger partial charge in [-0.1, -0.05) is 0 Å². The highest BCUT2D eigenvalue weighted by Crippen LogP contribution is 2.28. The van der Waals surface area contributed by atoms with Gasteiger partial charge in [0, 0.05) is 6.54 Å². The molecular formula is C11H15ClN4O2S. The average Bonchev–Trinajstić information content (AvgIpc) is 2.36. The second-order valence-electron chi connectivity index (χ2n) is 4.47. The molecule has 104 valence electrons. The highest BCUT2D eigenvalue weighted by atomic mass is 35.5. The third-order valence-electron chi connectivity index (χ3n) is 3.11. The van der Waals surface area contributed by atoms with Crippen LogP contribution in [0.15, 0.2) is 0 Å². The summed E-state index contributed by atoms with van der Waals surface area (Å²) < 4.78 is 0. The van der Waals surface area contributed by atoms with Crippen molar-refractivity contribution in [1.82, 2.24) is 9.97 Å². The number of hydrogen-bond donors (Lipinski definition) is 1. The Morgan fingerprint density at radius 3 is 2.79 bits per heavy atom. The molecule has 0 aromatic carbocycles. The Kier molecular flexibility index (Phi) is 4.81. The van der Waals surface area contributed by atoms with Crippen LogP contribution in [0.2, 0.25) is 5.28 Å². The van der Waals surface area contributed by atoms with Crippen molar-refractivity contribution in [3.8, 4) is 0 Å². The molecule has 1 aromatic heterocycles. The Morgan fingerprint density at radius 1 is 1.47 bits per heavy atom. The third-order valence-corrected chi connectivity index (χ3v) is 4.33. The molecule has 1 fully saturated rings. The van der Waals surface area contributed by atoms with Crippen LogP contribution in [-0.4, -0.2) is 32.9 Å². The van der Waals surface area contributed by atoms with Gasteiger partial charge in [-0.3, -0.25) is 10.1 Å². The molecular weight excluding hydrogens is 288 g/mol. The van der Waals surface area contributed by atoms with Gasteiger partial charge in [-0.05, 0) is 48.8 Å². The van der Waals surface area contributed by atoms with E-state index in [-0.39, 0.29) is 22.5 Å². The summed E-state index contributed by atoms with van der Waals surface area (Å²) in [5.41, 5.74) is 0.196. The lowest BCUT2D eigenvalue weighted by Gasteiger charge is -2.21. The number of anilines is 1. The quantitative estimate of drug-likeness (QED) is 0.523. The number of nitro groups is 1. The van der Waals surface area contributed by atoms with E-state index in [1.165, 1.54) is 0 Å². The lowest BCUT2D eigenvalue weighted by atomic mass is 10.0. The Balaban J connectivity index is 2.12. The van der Waals surface area contributed by atoms with Gasteiger partial charge in [0.2, 0.25) is 11.1 Å². The fraction of sp³-hybridized carbons (Fsp3) is 0.636. The number of halogens is 1. The SMILES string of the molecule is Cc1nc(Cl)nc(NCC2CCSCC2)c1[N+](=O)[O-]. The first kappa shape index (κ1) is 14.3. The fourth-order valence-corrected chi connectivity index (χ4v) is 3.48. The van der Waals surface area contributed by atoms with E-state index in [1.54, 1.807) is 6.92 Å². The lowest BCUT2D eigenvalue weighted by molar-refractivity contribution is -0.385. The summed E-state index contributed by atoms with van der Waals surface area (Å²) in [6.45, 7) is 2.25.